The second-order valence-corrected chi connectivity index (χ2v) is 5.11. The van der Waals surface area contributed by atoms with Gasteiger partial charge in [-0.25, -0.2) is 19.9 Å². The van der Waals surface area contributed by atoms with E-state index in [0.29, 0.717) is 18.2 Å². The lowest BCUT2D eigenvalue weighted by Gasteiger charge is -2.41. The van der Waals surface area contributed by atoms with E-state index in [1.807, 2.05) is 6.07 Å². The molecule has 0 bridgehead atoms. The van der Waals surface area contributed by atoms with Gasteiger partial charge in [0.2, 0.25) is 11.9 Å². The van der Waals surface area contributed by atoms with E-state index >= 15 is 0 Å². The van der Waals surface area contributed by atoms with E-state index in [2.05, 4.69) is 29.7 Å². The highest BCUT2D eigenvalue weighted by atomic mass is 16.5. The maximum Gasteiger partial charge on any atom is 0.225 e. The number of nitrogens with zero attached hydrogens (tertiary/aromatic N) is 6. The summed E-state index contributed by atoms with van der Waals surface area (Å²) in [6, 6.07) is 1.95. The molecular formula is C14H19N7O. The van der Waals surface area contributed by atoms with E-state index in [0.717, 1.165) is 25.6 Å². The van der Waals surface area contributed by atoms with Crippen LogP contribution in [0.3, 0.4) is 0 Å². The quantitative estimate of drug-likeness (QED) is 0.855. The zero-order valence-corrected chi connectivity index (χ0v) is 12.5. The fourth-order valence-corrected chi connectivity index (χ4v) is 2.57. The van der Waals surface area contributed by atoms with Crippen molar-refractivity contribution in [1.82, 2.24) is 19.9 Å². The molecule has 8 heteroatoms. The van der Waals surface area contributed by atoms with Crippen molar-refractivity contribution in [2.24, 2.45) is 0 Å². The van der Waals surface area contributed by atoms with Crippen LogP contribution in [0.2, 0.25) is 0 Å². The molecule has 1 atom stereocenters. The zero-order valence-electron chi connectivity index (χ0n) is 12.5. The van der Waals surface area contributed by atoms with Crippen LogP contribution >= 0.6 is 0 Å². The molecule has 1 aliphatic rings. The van der Waals surface area contributed by atoms with Gasteiger partial charge in [-0.2, -0.15) is 0 Å². The molecule has 3 rings (SSSR count). The first-order chi connectivity index (χ1) is 10.8. The third-order valence-corrected chi connectivity index (χ3v) is 3.59. The zero-order chi connectivity index (χ0) is 15.4. The maximum atomic E-state index is 5.64. The van der Waals surface area contributed by atoms with Crippen molar-refractivity contribution in [2.45, 2.75) is 6.04 Å². The third-order valence-electron chi connectivity index (χ3n) is 3.59. The predicted molar refractivity (Wildman–Crippen MR) is 83.7 cm³/mol. The summed E-state index contributed by atoms with van der Waals surface area (Å²) in [5.41, 5.74) is 6.20. The summed E-state index contributed by atoms with van der Waals surface area (Å²) in [5.74, 6) is 1.41. The minimum absolute atomic E-state index is 0.141. The first-order valence-electron chi connectivity index (χ1n) is 7.13. The van der Waals surface area contributed by atoms with Crippen LogP contribution in [0.25, 0.3) is 0 Å². The van der Waals surface area contributed by atoms with Crippen LogP contribution in [-0.4, -0.2) is 59.3 Å². The fraction of sp³-hybridized carbons (Fsp3) is 0.429. The van der Waals surface area contributed by atoms with Gasteiger partial charge in [0.15, 0.2) is 0 Å². The van der Waals surface area contributed by atoms with Gasteiger partial charge in [0.25, 0.3) is 0 Å². The highest BCUT2D eigenvalue weighted by Crippen LogP contribution is 2.19. The van der Waals surface area contributed by atoms with Crippen molar-refractivity contribution in [3.05, 3.63) is 30.9 Å². The molecule has 8 nitrogen and oxygen atoms in total. The lowest BCUT2D eigenvalue weighted by Crippen LogP contribution is -2.56. The molecule has 1 fully saturated rings. The summed E-state index contributed by atoms with van der Waals surface area (Å²) < 4.78 is 5.35. The molecule has 0 spiro atoms. The van der Waals surface area contributed by atoms with Gasteiger partial charge in [0.05, 0.1) is 30.7 Å². The van der Waals surface area contributed by atoms with Crippen LogP contribution in [0.15, 0.2) is 30.9 Å². The molecule has 1 saturated heterocycles. The van der Waals surface area contributed by atoms with Crippen LogP contribution in [0.4, 0.5) is 17.6 Å². The van der Waals surface area contributed by atoms with E-state index in [-0.39, 0.29) is 6.04 Å². The van der Waals surface area contributed by atoms with Crippen LogP contribution in [0, 0.1) is 0 Å². The minimum Gasteiger partial charge on any atom is -0.396 e. The monoisotopic (exact) mass is 301 g/mol. The Morgan fingerprint density at radius 1 is 1.14 bits per heavy atom. The summed E-state index contributed by atoms with van der Waals surface area (Å²) >= 11 is 0. The molecule has 0 aliphatic carbocycles. The first kappa shape index (κ1) is 14.5. The Balaban J connectivity index is 1.77. The Morgan fingerprint density at radius 2 is 1.86 bits per heavy atom. The summed E-state index contributed by atoms with van der Waals surface area (Å²) in [4.78, 5) is 21.6. The topological polar surface area (TPSA) is 93.3 Å². The molecule has 2 aromatic heterocycles. The molecule has 3 heterocycles. The second kappa shape index (κ2) is 6.52. The van der Waals surface area contributed by atoms with Crippen LogP contribution in [0.1, 0.15) is 0 Å². The van der Waals surface area contributed by atoms with Gasteiger partial charge in [0.1, 0.15) is 0 Å². The van der Waals surface area contributed by atoms with E-state index in [9.17, 15) is 0 Å². The Bertz CT molecular complexity index is 592. The summed E-state index contributed by atoms with van der Waals surface area (Å²) in [6.07, 6.45) is 6.75. The minimum atomic E-state index is 0.141. The van der Waals surface area contributed by atoms with E-state index in [1.165, 1.54) is 0 Å². The van der Waals surface area contributed by atoms with Crippen LogP contribution < -0.4 is 15.5 Å². The van der Waals surface area contributed by atoms with Crippen molar-refractivity contribution in [3.63, 3.8) is 0 Å². The summed E-state index contributed by atoms with van der Waals surface area (Å²) in [6.45, 7) is 2.91. The Kier molecular flexibility index (Phi) is 4.29. The highest BCUT2D eigenvalue weighted by Gasteiger charge is 2.29. The van der Waals surface area contributed by atoms with Gasteiger partial charge >= 0.3 is 0 Å². The average Bonchev–Trinajstić information content (AvgIpc) is 2.57. The largest absolute Gasteiger partial charge is 0.396 e. The number of hydrogen-bond acceptors (Lipinski definition) is 8. The smallest absolute Gasteiger partial charge is 0.225 e. The number of ether oxygens (including phenoxy) is 1. The molecule has 0 unspecified atom stereocenters. The van der Waals surface area contributed by atoms with Gasteiger partial charge < -0.3 is 20.3 Å². The first-order valence-corrected chi connectivity index (χ1v) is 7.13. The standard InChI is InChI=1S/C14H19N7O/c1-22-10-12-9-20(13-18-7-11(15)8-19-13)5-6-21(12)14-16-3-2-4-17-14/h2-4,7-8,12H,5-6,9-10,15H2,1H3/t12-/m1/s1. The Hall–Kier alpha value is -2.48. The molecule has 22 heavy (non-hydrogen) atoms. The van der Waals surface area contributed by atoms with Gasteiger partial charge in [-0.15, -0.1) is 0 Å². The molecule has 116 valence electrons. The van der Waals surface area contributed by atoms with E-state index in [4.69, 9.17) is 10.5 Å². The number of piperazine rings is 1. The van der Waals surface area contributed by atoms with Crippen molar-refractivity contribution >= 4 is 17.6 Å². The molecular weight excluding hydrogens is 282 g/mol. The second-order valence-electron chi connectivity index (χ2n) is 5.11. The third kappa shape index (κ3) is 3.06. The normalized spacial score (nSPS) is 18.5. The van der Waals surface area contributed by atoms with Crippen molar-refractivity contribution in [1.29, 1.82) is 0 Å². The van der Waals surface area contributed by atoms with Gasteiger partial charge in [-0.1, -0.05) is 0 Å². The SMILES string of the molecule is COC[C@H]1CN(c2ncc(N)cn2)CCN1c1ncccn1. The molecule has 1 aliphatic heterocycles. The van der Waals surface area contributed by atoms with E-state index < -0.39 is 0 Å². The molecule has 0 amide bonds. The van der Waals surface area contributed by atoms with Crippen LogP contribution in [0.5, 0.6) is 0 Å². The lowest BCUT2D eigenvalue weighted by atomic mass is 10.2. The van der Waals surface area contributed by atoms with Crippen molar-refractivity contribution in [3.8, 4) is 0 Å². The van der Waals surface area contributed by atoms with Crippen LogP contribution in [-0.2, 0) is 4.74 Å². The number of aromatic nitrogens is 4. The number of anilines is 3. The molecule has 0 radical (unpaired) electrons. The number of rotatable bonds is 4. The van der Waals surface area contributed by atoms with Gasteiger partial charge in [-0.3, -0.25) is 0 Å². The fourth-order valence-electron chi connectivity index (χ4n) is 2.57. The molecule has 0 aromatic carbocycles. The lowest BCUT2D eigenvalue weighted by molar-refractivity contribution is 0.173. The van der Waals surface area contributed by atoms with Gasteiger partial charge in [-0.05, 0) is 6.07 Å². The summed E-state index contributed by atoms with van der Waals surface area (Å²) in [5, 5.41) is 0. The van der Waals surface area contributed by atoms with E-state index in [1.54, 1.807) is 31.9 Å². The predicted octanol–water partition coefficient (Wildman–Crippen LogP) is 0.190. The maximum absolute atomic E-state index is 5.64. The summed E-state index contributed by atoms with van der Waals surface area (Å²) in [7, 11) is 1.70. The number of hydrogen-bond donors (Lipinski definition) is 1. The van der Waals surface area contributed by atoms with Crippen molar-refractivity contribution in [2.75, 3.05) is 48.9 Å². The number of nitrogen functional groups attached to an aromatic ring is 1. The molecule has 2 N–H and O–H groups in total. The molecule has 2 aromatic rings. The Labute approximate surface area is 129 Å². The van der Waals surface area contributed by atoms with Crippen molar-refractivity contribution < 1.29 is 4.74 Å². The number of nitrogens with two attached hydrogens (primary N) is 1. The highest BCUT2D eigenvalue weighted by molar-refractivity contribution is 5.42. The Morgan fingerprint density at radius 3 is 2.55 bits per heavy atom. The van der Waals surface area contributed by atoms with Gasteiger partial charge in [0, 0.05) is 39.1 Å². The molecule has 0 saturated carbocycles. The number of methoxy groups -OCH3 is 1. The average molecular weight is 301 g/mol.